The SMILES string of the molecule is CC(NC1CC1c1ccccc1)C(=O)N1CCCCC1. The maximum atomic E-state index is 12.4. The van der Waals surface area contributed by atoms with Crippen molar-refractivity contribution in [3.63, 3.8) is 0 Å². The van der Waals surface area contributed by atoms with E-state index in [2.05, 4.69) is 35.6 Å². The number of carbonyl (C=O) groups is 1. The number of benzene rings is 1. The first-order chi connectivity index (χ1) is 9.75. The third-order valence-electron chi connectivity index (χ3n) is 4.52. The molecule has 3 heteroatoms. The normalized spacial score (nSPS) is 27.1. The molecular weight excluding hydrogens is 248 g/mol. The summed E-state index contributed by atoms with van der Waals surface area (Å²) >= 11 is 0. The summed E-state index contributed by atoms with van der Waals surface area (Å²) in [6, 6.07) is 11.0. The number of nitrogens with one attached hydrogen (secondary N) is 1. The fourth-order valence-electron chi connectivity index (χ4n) is 3.23. The first kappa shape index (κ1) is 13.6. The molecule has 2 fully saturated rings. The van der Waals surface area contributed by atoms with Crippen LogP contribution in [0, 0.1) is 0 Å². The van der Waals surface area contributed by atoms with Gasteiger partial charge in [-0.05, 0) is 38.2 Å². The summed E-state index contributed by atoms with van der Waals surface area (Å²) in [4.78, 5) is 14.4. The van der Waals surface area contributed by atoms with Crippen LogP contribution in [0.4, 0.5) is 0 Å². The summed E-state index contributed by atoms with van der Waals surface area (Å²) in [5.41, 5.74) is 1.39. The number of rotatable bonds is 4. The minimum atomic E-state index is -0.0492. The molecule has 1 N–H and O–H groups in total. The standard InChI is InChI=1S/C17H24N2O/c1-13(17(20)19-10-6-3-7-11-19)18-16-12-15(16)14-8-4-2-5-9-14/h2,4-5,8-9,13,15-16,18H,3,6-7,10-12H2,1H3. The van der Waals surface area contributed by atoms with Gasteiger partial charge in [0.25, 0.3) is 0 Å². The van der Waals surface area contributed by atoms with Crippen molar-refractivity contribution in [3.8, 4) is 0 Å². The molecule has 0 spiro atoms. The summed E-state index contributed by atoms with van der Waals surface area (Å²) in [6.07, 6.45) is 4.75. The zero-order valence-corrected chi connectivity index (χ0v) is 12.2. The molecule has 1 aliphatic carbocycles. The molecule has 1 amide bonds. The summed E-state index contributed by atoms with van der Waals surface area (Å²) in [5.74, 6) is 0.871. The lowest BCUT2D eigenvalue weighted by molar-refractivity contribution is -0.134. The maximum Gasteiger partial charge on any atom is 0.239 e. The van der Waals surface area contributed by atoms with Crippen molar-refractivity contribution in [3.05, 3.63) is 35.9 Å². The van der Waals surface area contributed by atoms with Crippen LogP contribution in [0.15, 0.2) is 30.3 Å². The lowest BCUT2D eigenvalue weighted by atomic mass is 10.1. The Hall–Kier alpha value is -1.35. The molecule has 20 heavy (non-hydrogen) atoms. The lowest BCUT2D eigenvalue weighted by Gasteiger charge is -2.29. The quantitative estimate of drug-likeness (QED) is 0.913. The number of nitrogens with zero attached hydrogens (tertiary/aromatic N) is 1. The molecule has 1 saturated heterocycles. The van der Waals surface area contributed by atoms with Gasteiger partial charge in [-0.2, -0.15) is 0 Å². The van der Waals surface area contributed by atoms with E-state index in [1.54, 1.807) is 0 Å². The zero-order chi connectivity index (χ0) is 13.9. The molecule has 3 rings (SSSR count). The summed E-state index contributed by atoms with van der Waals surface area (Å²) in [5, 5.41) is 3.51. The minimum absolute atomic E-state index is 0.0492. The van der Waals surface area contributed by atoms with Gasteiger partial charge in [0.2, 0.25) is 5.91 Å². The van der Waals surface area contributed by atoms with Crippen LogP contribution in [0.5, 0.6) is 0 Å². The molecule has 0 radical (unpaired) electrons. The first-order valence-electron chi connectivity index (χ1n) is 7.85. The Labute approximate surface area is 121 Å². The number of hydrogen-bond acceptors (Lipinski definition) is 2. The zero-order valence-electron chi connectivity index (χ0n) is 12.2. The molecule has 1 heterocycles. The molecule has 0 bridgehead atoms. The number of likely N-dealkylation sites (tertiary alicyclic amines) is 1. The van der Waals surface area contributed by atoms with Crippen LogP contribution in [-0.4, -0.2) is 36.0 Å². The average molecular weight is 272 g/mol. The Kier molecular flexibility index (Phi) is 4.06. The van der Waals surface area contributed by atoms with E-state index < -0.39 is 0 Å². The fourth-order valence-corrected chi connectivity index (χ4v) is 3.23. The van der Waals surface area contributed by atoms with Gasteiger partial charge in [-0.15, -0.1) is 0 Å². The van der Waals surface area contributed by atoms with Crippen LogP contribution >= 0.6 is 0 Å². The van der Waals surface area contributed by atoms with Gasteiger partial charge in [0.1, 0.15) is 0 Å². The van der Waals surface area contributed by atoms with Gasteiger partial charge in [0.05, 0.1) is 6.04 Å². The van der Waals surface area contributed by atoms with E-state index >= 15 is 0 Å². The van der Waals surface area contributed by atoms with Crippen molar-refractivity contribution < 1.29 is 4.79 Å². The monoisotopic (exact) mass is 272 g/mol. The Morgan fingerprint density at radius 1 is 1.20 bits per heavy atom. The number of carbonyl (C=O) groups excluding carboxylic acids is 1. The van der Waals surface area contributed by atoms with Crippen molar-refractivity contribution in [2.24, 2.45) is 0 Å². The Bertz CT molecular complexity index is 453. The third kappa shape index (κ3) is 3.04. The van der Waals surface area contributed by atoms with E-state index in [9.17, 15) is 4.79 Å². The fraction of sp³-hybridized carbons (Fsp3) is 0.588. The number of hydrogen-bond donors (Lipinski definition) is 1. The van der Waals surface area contributed by atoms with E-state index in [-0.39, 0.29) is 11.9 Å². The molecule has 3 atom stereocenters. The van der Waals surface area contributed by atoms with Gasteiger partial charge in [0, 0.05) is 25.0 Å². The maximum absolute atomic E-state index is 12.4. The second-order valence-corrected chi connectivity index (χ2v) is 6.13. The van der Waals surface area contributed by atoms with Gasteiger partial charge in [-0.1, -0.05) is 30.3 Å². The molecule has 2 aliphatic rings. The van der Waals surface area contributed by atoms with Crippen molar-refractivity contribution in [1.82, 2.24) is 10.2 Å². The van der Waals surface area contributed by atoms with Gasteiger partial charge in [-0.3, -0.25) is 4.79 Å². The third-order valence-corrected chi connectivity index (χ3v) is 4.52. The van der Waals surface area contributed by atoms with E-state index in [1.807, 2.05) is 11.8 Å². The van der Waals surface area contributed by atoms with E-state index in [0.717, 1.165) is 32.4 Å². The van der Waals surface area contributed by atoms with Crippen LogP contribution < -0.4 is 5.32 Å². The van der Waals surface area contributed by atoms with Gasteiger partial charge in [0.15, 0.2) is 0 Å². The number of piperidine rings is 1. The molecule has 3 nitrogen and oxygen atoms in total. The van der Waals surface area contributed by atoms with Crippen LogP contribution in [-0.2, 0) is 4.79 Å². The van der Waals surface area contributed by atoms with Gasteiger partial charge < -0.3 is 10.2 Å². The van der Waals surface area contributed by atoms with Gasteiger partial charge in [-0.25, -0.2) is 0 Å². The minimum Gasteiger partial charge on any atom is -0.341 e. The highest BCUT2D eigenvalue weighted by Gasteiger charge is 2.40. The topological polar surface area (TPSA) is 32.3 Å². The largest absolute Gasteiger partial charge is 0.341 e. The van der Waals surface area contributed by atoms with Crippen LogP contribution in [0.25, 0.3) is 0 Å². The molecule has 3 unspecified atom stereocenters. The predicted octanol–water partition coefficient (Wildman–Crippen LogP) is 2.53. The van der Waals surface area contributed by atoms with Gasteiger partial charge >= 0.3 is 0 Å². The molecule has 1 aliphatic heterocycles. The van der Waals surface area contributed by atoms with Crippen molar-refractivity contribution >= 4 is 5.91 Å². The van der Waals surface area contributed by atoms with E-state index in [1.165, 1.54) is 12.0 Å². The Balaban J connectivity index is 1.50. The van der Waals surface area contributed by atoms with Crippen LogP contribution in [0.2, 0.25) is 0 Å². The second kappa shape index (κ2) is 5.96. The lowest BCUT2D eigenvalue weighted by Crippen LogP contribution is -2.47. The Morgan fingerprint density at radius 2 is 1.90 bits per heavy atom. The molecule has 1 aromatic rings. The predicted molar refractivity (Wildman–Crippen MR) is 80.6 cm³/mol. The number of amides is 1. The molecule has 0 aromatic heterocycles. The highest BCUT2D eigenvalue weighted by Crippen LogP contribution is 2.40. The van der Waals surface area contributed by atoms with Crippen molar-refractivity contribution in [2.45, 2.75) is 50.6 Å². The molecular formula is C17H24N2O. The molecule has 1 saturated carbocycles. The summed E-state index contributed by atoms with van der Waals surface area (Å²) in [6.45, 7) is 3.90. The van der Waals surface area contributed by atoms with E-state index in [4.69, 9.17) is 0 Å². The molecule has 1 aromatic carbocycles. The average Bonchev–Trinajstić information content (AvgIpc) is 3.27. The van der Waals surface area contributed by atoms with E-state index in [0.29, 0.717) is 12.0 Å². The van der Waals surface area contributed by atoms with Crippen molar-refractivity contribution in [1.29, 1.82) is 0 Å². The van der Waals surface area contributed by atoms with Crippen LogP contribution in [0.1, 0.15) is 44.1 Å². The second-order valence-electron chi connectivity index (χ2n) is 6.13. The first-order valence-corrected chi connectivity index (χ1v) is 7.85. The molecule has 108 valence electrons. The summed E-state index contributed by atoms with van der Waals surface area (Å²) in [7, 11) is 0. The summed E-state index contributed by atoms with van der Waals surface area (Å²) < 4.78 is 0. The van der Waals surface area contributed by atoms with Crippen molar-refractivity contribution in [2.75, 3.05) is 13.1 Å². The highest BCUT2D eigenvalue weighted by molar-refractivity contribution is 5.81. The Morgan fingerprint density at radius 3 is 2.60 bits per heavy atom. The smallest absolute Gasteiger partial charge is 0.239 e. The highest BCUT2D eigenvalue weighted by atomic mass is 16.2. The van der Waals surface area contributed by atoms with Crippen LogP contribution in [0.3, 0.4) is 0 Å².